The molecule has 1 N–H and O–H groups in total. The SMILES string of the molecule is COC(=O)C(C)(C)NCc1cn(C)c2ccccc12. The number of methoxy groups -OCH3 is 1. The average molecular weight is 260 g/mol. The molecule has 102 valence electrons. The van der Waals surface area contributed by atoms with Crippen molar-refractivity contribution in [3.8, 4) is 0 Å². The van der Waals surface area contributed by atoms with Crippen LogP contribution in [0.3, 0.4) is 0 Å². The number of esters is 1. The van der Waals surface area contributed by atoms with Crippen LogP contribution in [0.4, 0.5) is 0 Å². The minimum absolute atomic E-state index is 0.257. The molecule has 2 rings (SSSR count). The van der Waals surface area contributed by atoms with Gasteiger partial charge in [0.25, 0.3) is 0 Å². The summed E-state index contributed by atoms with van der Waals surface area (Å²) in [6.45, 7) is 4.28. The summed E-state index contributed by atoms with van der Waals surface area (Å²) in [5, 5.41) is 4.45. The first kappa shape index (κ1) is 13.6. The summed E-state index contributed by atoms with van der Waals surface area (Å²) < 4.78 is 6.88. The molecule has 1 aromatic heterocycles. The molecule has 0 radical (unpaired) electrons. The Balaban J connectivity index is 2.21. The van der Waals surface area contributed by atoms with E-state index in [0.717, 1.165) is 0 Å². The molecule has 4 heteroatoms. The molecule has 0 saturated heterocycles. The van der Waals surface area contributed by atoms with Crippen LogP contribution in [0, 0.1) is 0 Å². The molecule has 0 saturated carbocycles. The van der Waals surface area contributed by atoms with Gasteiger partial charge in [0, 0.05) is 30.7 Å². The van der Waals surface area contributed by atoms with Crippen LogP contribution in [0.5, 0.6) is 0 Å². The summed E-state index contributed by atoms with van der Waals surface area (Å²) in [7, 11) is 3.43. The number of hydrogen-bond donors (Lipinski definition) is 1. The number of ether oxygens (including phenoxy) is 1. The number of fused-ring (bicyclic) bond motifs is 1. The van der Waals surface area contributed by atoms with Crippen molar-refractivity contribution in [1.82, 2.24) is 9.88 Å². The third kappa shape index (κ3) is 2.63. The van der Waals surface area contributed by atoms with Crippen LogP contribution in [-0.4, -0.2) is 23.2 Å². The lowest BCUT2D eigenvalue weighted by Gasteiger charge is -2.22. The lowest BCUT2D eigenvalue weighted by atomic mass is 10.1. The molecule has 0 atom stereocenters. The van der Waals surface area contributed by atoms with Gasteiger partial charge in [-0.3, -0.25) is 10.1 Å². The Kier molecular flexibility index (Phi) is 3.62. The minimum atomic E-state index is -0.689. The number of aromatic nitrogens is 1. The van der Waals surface area contributed by atoms with E-state index in [1.807, 2.05) is 33.0 Å². The van der Waals surface area contributed by atoms with Gasteiger partial charge in [-0.2, -0.15) is 0 Å². The lowest BCUT2D eigenvalue weighted by molar-refractivity contribution is -0.147. The van der Waals surface area contributed by atoms with E-state index in [-0.39, 0.29) is 5.97 Å². The van der Waals surface area contributed by atoms with Crippen molar-refractivity contribution in [3.05, 3.63) is 36.0 Å². The molecule has 0 aliphatic heterocycles. The summed E-state index contributed by atoms with van der Waals surface area (Å²) in [6, 6.07) is 8.23. The highest BCUT2D eigenvalue weighted by atomic mass is 16.5. The fourth-order valence-electron chi connectivity index (χ4n) is 2.21. The predicted octanol–water partition coefficient (Wildman–Crippen LogP) is 2.22. The Morgan fingerprint density at radius 3 is 2.74 bits per heavy atom. The Labute approximate surface area is 113 Å². The maximum absolute atomic E-state index is 11.6. The van der Waals surface area contributed by atoms with Crippen LogP contribution in [0.25, 0.3) is 10.9 Å². The van der Waals surface area contributed by atoms with E-state index in [0.29, 0.717) is 6.54 Å². The quantitative estimate of drug-likeness (QED) is 0.857. The highest BCUT2D eigenvalue weighted by Crippen LogP contribution is 2.20. The standard InChI is InChI=1S/C15H20N2O2/c1-15(2,14(18)19-4)16-9-11-10-17(3)13-8-6-5-7-12(11)13/h5-8,10,16H,9H2,1-4H3. The number of hydrogen-bond acceptors (Lipinski definition) is 3. The summed E-state index contributed by atoms with van der Waals surface area (Å²) in [5.74, 6) is -0.257. The Morgan fingerprint density at radius 1 is 1.37 bits per heavy atom. The molecule has 0 aliphatic rings. The van der Waals surface area contributed by atoms with Gasteiger partial charge in [-0.05, 0) is 25.5 Å². The molecule has 1 aromatic carbocycles. The maximum atomic E-state index is 11.6. The largest absolute Gasteiger partial charge is 0.468 e. The highest BCUT2D eigenvalue weighted by Gasteiger charge is 2.28. The van der Waals surface area contributed by atoms with Crippen molar-refractivity contribution in [2.24, 2.45) is 7.05 Å². The van der Waals surface area contributed by atoms with Crippen LogP contribution in [0.1, 0.15) is 19.4 Å². The summed E-state index contributed by atoms with van der Waals surface area (Å²) in [5.41, 5.74) is 1.68. The molecular weight excluding hydrogens is 240 g/mol. The number of nitrogens with zero attached hydrogens (tertiary/aromatic N) is 1. The first-order chi connectivity index (χ1) is 8.95. The third-order valence-electron chi connectivity index (χ3n) is 3.40. The Bertz CT molecular complexity index is 599. The topological polar surface area (TPSA) is 43.3 Å². The molecule has 4 nitrogen and oxygen atoms in total. The maximum Gasteiger partial charge on any atom is 0.325 e. The van der Waals surface area contributed by atoms with Crippen LogP contribution >= 0.6 is 0 Å². The zero-order chi connectivity index (χ0) is 14.0. The van der Waals surface area contributed by atoms with Crippen LogP contribution < -0.4 is 5.32 Å². The number of aryl methyl sites for hydroxylation is 1. The number of carbonyl (C=O) groups excluding carboxylic acids is 1. The monoisotopic (exact) mass is 260 g/mol. The number of carbonyl (C=O) groups is 1. The van der Waals surface area contributed by atoms with E-state index in [1.165, 1.54) is 23.6 Å². The summed E-state index contributed by atoms with van der Waals surface area (Å²) >= 11 is 0. The van der Waals surface area contributed by atoms with Crippen molar-refractivity contribution in [2.45, 2.75) is 25.9 Å². The zero-order valence-corrected chi connectivity index (χ0v) is 11.9. The molecular formula is C15H20N2O2. The minimum Gasteiger partial charge on any atom is -0.468 e. The van der Waals surface area contributed by atoms with Crippen molar-refractivity contribution in [1.29, 1.82) is 0 Å². The third-order valence-corrected chi connectivity index (χ3v) is 3.40. The molecule has 0 amide bonds. The number of nitrogens with one attached hydrogen (secondary N) is 1. The second kappa shape index (κ2) is 5.05. The zero-order valence-electron chi connectivity index (χ0n) is 11.9. The van der Waals surface area contributed by atoms with Gasteiger partial charge in [0.15, 0.2) is 0 Å². The first-order valence-corrected chi connectivity index (χ1v) is 6.32. The molecule has 0 fully saturated rings. The van der Waals surface area contributed by atoms with Gasteiger partial charge in [-0.25, -0.2) is 0 Å². The van der Waals surface area contributed by atoms with E-state index in [4.69, 9.17) is 4.74 Å². The molecule has 0 bridgehead atoms. The second-order valence-electron chi connectivity index (χ2n) is 5.25. The normalized spacial score (nSPS) is 11.8. The van der Waals surface area contributed by atoms with Gasteiger partial charge in [-0.15, -0.1) is 0 Å². The van der Waals surface area contributed by atoms with Gasteiger partial charge in [0.05, 0.1) is 7.11 Å². The van der Waals surface area contributed by atoms with Crippen LogP contribution in [-0.2, 0) is 23.1 Å². The lowest BCUT2D eigenvalue weighted by Crippen LogP contribution is -2.46. The number of para-hydroxylation sites is 1. The van der Waals surface area contributed by atoms with Gasteiger partial charge in [0.1, 0.15) is 5.54 Å². The van der Waals surface area contributed by atoms with Gasteiger partial charge < -0.3 is 9.30 Å². The van der Waals surface area contributed by atoms with Crippen molar-refractivity contribution < 1.29 is 9.53 Å². The van der Waals surface area contributed by atoms with E-state index in [2.05, 4.69) is 28.2 Å². The van der Waals surface area contributed by atoms with Crippen molar-refractivity contribution in [3.63, 3.8) is 0 Å². The highest BCUT2D eigenvalue weighted by molar-refractivity contribution is 5.84. The fourth-order valence-corrected chi connectivity index (χ4v) is 2.21. The van der Waals surface area contributed by atoms with Gasteiger partial charge in [-0.1, -0.05) is 18.2 Å². The van der Waals surface area contributed by atoms with Gasteiger partial charge in [0.2, 0.25) is 0 Å². The van der Waals surface area contributed by atoms with E-state index >= 15 is 0 Å². The van der Waals surface area contributed by atoms with Crippen LogP contribution in [0.15, 0.2) is 30.5 Å². The van der Waals surface area contributed by atoms with E-state index in [9.17, 15) is 4.79 Å². The van der Waals surface area contributed by atoms with Crippen molar-refractivity contribution >= 4 is 16.9 Å². The second-order valence-corrected chi connectivity index (χ2v) is 5.25. The molecule has 0 unspecified atom stereocenters. The number of benzene rings is 1. The molecule has 2 aromatic rings. The molecule has 1 heterocycles. The first-order valence-electron chi connectivity index (χ1n) is 6.32. The summed E-state index contributed by atoms with van der Waals surface area (Å²) in [4.78, 5) is 11.6. The predicted molar refractivity (Wildman–Crippen MR) is 75.9 cm³/mol. The van der Waals surface area contributed by atoms with E-state index < -0.39 is 5.54 Å². The Hall–Kier alpha value is -1.81. The average Bonchev–Trinajstić information content (AvgIpc) is 2.73. The van der Waals surface area contributed by atoms with E-state index in [1.54, 1.807) is 0 Å². The van der Waals surface area contributed by atoms with Crippen LogP contribution in [0.2, 0.25) is 0 Å². The molecule has 0 aliphatic carbocycles. The smallest absolute Gasteiger partial charge is 0.325 e. The summed E-state index contributed by atoms with van der Waals surface area (Å²) in [6.07, 6.45) is 2.09. The van der Waals surface area contributed by atoms with Crippen molar-refractivity contribution in [2.75, 3.05) is 7.11 Å². The Morgan fingerprint density at radius 2 is 2.05 bits per heavy atom. The number of rotatable bonds is 4. The fraction of sp³-hybridized carbons (Fsp3) is 0.400. The van der Waals surface area contributed by atoms with Gasteiger partial charge >= 0.3 is 5.97 Å². The molecule has 19 heavy (non-hydrogen) atoms. The molecule has 0 spiro atoms.